The summed E-state index contributed by atoms with van der Waals surface area (Å²) in [6, 6.07) is 6.28. The number of unbranched alkanes of at least 4 members (excludes halogenated alkanes) is 1. The first kappa shape index (κ1) is 22.6. The van der Waals surface area contributed by atoms with Crippen molar-refractivity contribution >= 4 is 22.6 Å². The number of rotatable bonds is 8. The predicted octanol–water partition coefficient (Wildman–Crippen LogP) is 7.18. The number of hydrogen-bond acceptors (Lipinski definition) is 1. The van der Waals surface area contributed by atoms with E-state index >= 15 is 0 Å². The van der Waals surface area contributed by atoms with Gasteiger partial charge >= 0.3 is 0 Å². The number of fused-ring (bicyclic) bond motifs is 1. The third-order valence-corrected chi connectivity index (χ3v) is 4.65. The Bertz CT molecular complexity index is 817. The first-order chi connectivity index (χ1) is 13.0. The van der Waals surface area contributed by atoms with Crippen LogP contribution >= 0.6 is 0 Å². The second-order valence-electron chi connectivity index (χ2n) is 6.63. The fourth-order valence-electron chi connectivity index (χ4n) is 3.08. The number of aromatic nitrogens is 1. The molecule has 0 aliphatic carbocycles. The van der Waals surface area contributed by atoms with Crippen LogP contribution in [0.25, 0.3) is 22.6 Å². The minimum atomic E-state index is 0.552. The van der Waals surface area contributed by atoms with Gasteiger partial charge in [0.1, 0.15) is 5.75 Å². The normalized spacial score (nSPS) is 11.7. The fourth-order valence-corrected chi connectivity index (χ4v) is 3.08. The summed E-state index contributed by atoms with van der Waals surface area (Å²) in [4.78, 5) is 0. The van der Waals surface area contributed by atoms with Gasteiger partial charge in [-0.2, -0.15) is 0 Å². The Balaban J connectivity index is 0.00000176. The first-order valence-electron chi connectivity index (χ1n) is 10.0. The molecule has 1 unspecified atom stereocenters. The van der Waals surface area contributed by atoms with Crippen LogP contribution < -0.4 is 4.74 Å². The van der Waals surface area contributed by atoms with Gasteiger partial charge in [-0.15, -0.1) is 12.3 Å². The van der Waals surface area contributed by atoms with Crippen molar-refractivity contribution in [3.05, 3.63) is 42.1 Å². The van der Waals surface area contributed by atoms with Crippen molar-refractivity contribution < 1.29 is 4.74 Å². The molecule has 0 bridgehead atoms. The van der Waals surface area contributed by atoms with E-state index in [0.29, 0.717) is 5.92 Å². The van der Waals surface area contributed by atoms with E-state index in [1.165, 1.54) is 22.2 Å². The molecule has 2 nitrogen and oxygen atoms in total. The SMILES string of the molecule is C#CCCCn1c(C(=C)C)c(/C=C\C(C)CC)c2ccc(OC)cc21.CC. The largest absolute Gasteiger partial charge is 0.497 e. The minimum Gasteiger partial charge on any atom is -0.497 e. The molecule has 0 aliphatic rings. The highest BCUT2D eigenvalue weighted by Gasteiger charge is 2.16. The molecule has 0 radical (unpaired) electrons. The molecule has 0 fully saturated rings. The van der Waals surface area contributed by atoms with Crippen LogP contribution in [0.3, 0.4) is 0 Å². The van der Waals surface area contributed by atoms with Crippen molar-refractivity contribution in [2.75, 3.05) is 7.11 Å². The lowest BCUT2D eigenvalue weighted by molar-refractivity contribution is 0.415. The molecule has 1 atom stereocenters. The van der Waals surface area contributed by atoms with Crippen molar-refractivity contribution in [2.45, 2.75) is 60.4 Å². The van der Waals surface area contributed by atoms with E-state index < -0.39 is 0 Å². The van der Waals surface area contributed by atoms with Crippen molar-refractivity contribution in [2.24, 2.45) is 5.92 Å². The molecule has 1 heterocycles. The van der Waals surface area contributed by atoms with Crippen LogP contribution in [0.4, 0.5) is 0 Å². The summed E-state index contributed by atoms with van der Waals surface area (Å²) in [5.41, 5.74) is 4.68. The average molecular weight is 366 g/mol. The maximum atomic E-state index is 5.44. The lowest BCUT2D eigenvalue weighted by Crippen LogP contribution is -2.02. The molecule has 1 aromatic carbocycles. The Labute approximate surface area is 165 Å². The summed E-state index contributed by atoms with van der Waals surface area (Å²) in [6.07, 6.45) is 12.8. The van der Waals surface area contributed by atoms with Crippen LogP contribution in [0, 0.1) is 18.3 Å². The monoisotopic (exact) mass is 365 g/mol. The molecule has 1 aromatic heterocycles. The van der Waals surface area contributed by atoms with Gasteiger partial charge in [0.25, 0.3) is 0 Å². The Kier molecular flexibility index (Phi) is 9.51. The maximum absolute atomic E-state index is 5.44. The molecule has 0 aliphatic heterocycles. The highest BCUT2D eigenvalue weighted by molar-refractivity contribution is 5.96. The van der Waals surface area contributed by atoms with Crippen LogP contribution in [0.2, 0.25) is 0 Å². The Morgan fingerprint density at radius 2 is 2.07 bits per heavy atom. The van der Waals surface area contributed by atoms with Crippen molar-refractivity contribution in [1.82, 2.24) is 4.57 Å². The quantitative estimate of drug-likeness (QED) is 0.357. The molecule has 146 valence electrons. The van der Waals surface area contributed by atoms with Crippen molar-refractivity contribution in [3.63, 3.8) is 0 Å². The van der Waals surface area contributed by atoms with Crippen LogP contribution in [0.15, 0.2) is 30.9 Å². The van der Waals surface area contributed by atoms with Crippen molar-refractivity contribution in [3.8, 4) is 18.1 Å². The molecule has 2 heteroatoms. The van der Waals surface area contributed by atoms with E-state index in [9.17, 15) is 0 Å². The summed E-state index contributed by atoms with van der Waals surface area (Å²) in [6.45, 7) is 15.6. The number of terminal acetylenes is 1. The molecule has 0 saturated carbocycles. The standard InChI is InChI=1S/C23H29NO.C2H6/c1-7-9-10-15-24-22-16-19(25-6)12-14-20(22)21(23(24)17(3)4)13-11-18(5)8-2;1-2/h1,11-14,16,18H,3,8-10,15H2,2,4-6H3;1-2H3/b13-11-;. The number of nitrogens with zero attached hydrogens (tertiary/aromatic N) is 1. The molecular weight excluding hydrogens is 330 g/mol. The number of methoxy groups -OCH3 is 1. The third-order valence-electron chi connectivity index (χ3n) is 4.65. The first-order valence-corrected chi connectivity index (χ1v) is 10.0. The zero-order valence-corrected chi connectivity index (χ0v) is 17.9. The number of benzene rings is 1. The van der Waals surface area contributed by atoms with Gasteiger partial charge in [-0.05, 0) is 37.0 Å². The lowest BCUT2D eigenvalue weighted by atomic mass is 10.0. The second kappa shape index (κ2) is 11.3. The van der Waals surface area contributed by atoms with Gasteiger partial charge in [0.15, 0.2) is 0 Å². The summed E-state index contributed by atoms with van der Waals surface area (Å²) < 4.78 is 7.78. The van der Waals surface area contributed by atoms with E-state index in [4.69, 9.17) is 11.2 Å². The average Bonchev–Trinajstić information content (AvgIpc) is 3.00. The number of allylic oxidation sites excluding steroid dienone is 2. The Morgan fingerprint density at radius 3 is 2.63 bits per heavy atom. The fraction of sp³-hybridized carbons (Fsp3) is 0.440. The van der Waals surface area contributed by atoms with Gasteiger partial charge in [0.2, 0.25) is 0 Å². The molecule has 2 aromatic rings. The van der Waals surface area contributed by atoms with Gasteiger partial charge in [0, 0.05) is 30.0 Å². The molecule has 0 N–H and O–H groups in total. The van der Waals surface area contributed by atoms with E-state index in [0.717, 1.165) is 37.1 Å². The zero-order chi connectivity index (χ0) is 20.4. The topological polar surface area (TPSA) is 14.2 Å². The predicted molar refractivity (Wildman–Crippen MR) is 121 cm³/mol. The molecule has 0 spiro atoms. The third kappa shape index (κ3) is 5.54. The van der Waals surface area contributed by atoms with Crippen molar-refractivity contribution in [1.29, 1.82) is 0 Å². The van der Waals surface area contributed by atoms with E-state index in [2.05, 4.69) is 62.1 Å². The highest BCUT2D eigenvalue weighted by Crippen LogP contribution is 2.34. The van der Waals surface area contributed by atoms with E-state index in [1.54, 1.807) is 7.11 Å². The maximum Gasteiger partial charge on any atom is 0.120 e. The molecule has 2 rings (SSSR count). The van der Waals surface area contributed by atoms with Crippen LogP contribution in [0.1, 0.15) is 65.1 Å². The molecule has 0 amide bonds. The molecule has 27 heavy (non-hydrogen) atoms. The summed E-state index contributed by atoms with van der Waals surface area (Å²) in [7, 11) is 1.70. The number of aryl methyl sites for hydroxylation is 1. The van der Waals surface area contributed by atoms with E-state index in [-0.39, 0.29) is 0 Å². The van der Waals surface area contributed by atoms with Crippen LogP contribution in [0.5, 0.6) is 5.75 Å². The van der Waals surface area contributed by atoms with Gasteiger partial charge < -0.3 is 9.30 Å². The number of ether oxygens (including phenoxy) is 1. The molecule has 0 saturated heterocycles. The van der Waals surface area contributed by atoms with Gasteiger partial charge in [0.05, 0.1) is 18.3 Å². The summed E-state index contributed by atoms with van der Waals surface area (Å²) in [5, 5.41) is 1.24. The smallest absolute Gasteiger partial charge is 0.120 e. The number of hydrogen-bond donors (Lipinski definition) is 0. The van der Waals surface area contributed by atoms with Crippen LogP contribution in [-0.2, 0) is 6.54 Å². The Hall–Kier alpha value is -2.40. The second-order valence-corrected chi connectivity index (χ2v) is 6.63. The molecular formula is C25H35NO. The summed E-state index contributed by atoms with van der Waals surface area (Å²) >= 11 is 0. The lowest BCUT2D eigenvalue weighted by Gasteiger charge is -2.11. The van der Waals surface area contributed by atoms with Gasteiger partial charge in [-0.3, -0.25) is 0 Å². The van der Waals surface area contributed by atoms with Crippen LogP contribution in [-0.4, -0.2) is 11.7 Å². The Morgan fingerprint density at radius 1 is 1.37 bits per heavy atom. The minimum absolute atomic E-state index is 0.552. The van der Waals surface area contributed by atoms with E-state index in [1.807, 2.05) is 19.9 Å². The zero-order valence-electron chi connectivity index (χ0n) is 17.9. The van der Waals surface area contributed by atoms with Gasteiger partial charge in [-0.25, -0.2) is 0 Å². The summed E-state index contributed by atoms with van der Waals surface area (Å²) in [5.74, 6) is 4.16. The highest BCUT2D eigenvalue weighted by atomic mass is 16.5. The van der Waals surface area contributed by atoms with Gasteiger partial charge in [-0.1, -0.05) is 52.8 Å².